The van der Waals surface area contributed by atoms with Gasteiger partial charge in [0.1, 0.15) is 18.3 Å². The Morgan fingerprint density at radius 2 is 1.88 bits per heavy atom. The lowest BCUT2D eigenvalue weighted by Gasteiger charge is -2.22. The van der Waals surface area contributed by atoms with E-state index < -0.39 is 36.5 Å². The molecule has 1 aliphatic heterocycles. The zero-order chi connectivity index (χ0) is 31.5. The fraction of sp³-hybridized carbons (Fsp3) is 0.485. The van der Waals surface area contributed by atoms with Crippen LogP contribution in [0.3, 0.4) is 0 Å². The topological polar surface area (TPSA) is 148 Å². The zero-order valence-electron chi connectivity index (χ0n) is 25.5. The van der Waals surface area contributed by atoms with Crippen LogP contribution >= 0.6 is 0 Å². The van der Waals surface area contributed by atoms with Gasteiger partial charge in [0.15, 0.2) is 0 Å². The van der Waals surface area contributed by atoms with Crippen LogP contribution in [-0.2, 0) is 19.1 Å². The highest BCUT2D eigenvalue weighted by Gasteiger charge is 2.21. The number of ether oxygens (including phenoxy) is 2. The van der Waals surface area contributed by atoms with Gasteiger partial charge in [-0.25, -0.2) is 9.59 Å². The summed E-state index contributed by atoms with van der Waals surface area (Å²) in [6.45, 7) is 9.54. The average molecular weight is 585 g/mol. The van der Waals surface area contributed by atoms with Crippen molar-refractivity contribution < 1.29 is 34.1 Å². The summed E-state index contributed by atoms with van der Waals surface area (Å²) >= 11 is 0. The minimum atomic E-state index is -1.11. The van der Waals surface area contributed by atoms with E-state index in [9.17, 15) is 24.6 Å². The van der Waals surface area contributed by atoms with Crippen molar-refractivity contribution in [2.24, 2.45) is 11.7 Å². The van der Waals surface area contributed by atoms with Gasteiger partial charge in [-0.1, -0.05) is 66.2 Å². The molecule has 0 aromatic heterocycles. The molecule has 232 valence electrons. The molecule has 42 heavy (non-hydrogen) atoms. The number of carbonyl (C=O) groups is 3. The molecule has 1 aliphatic rings. The van der Waals surface area contributed by atoms with E-state index in [1.807, 2.05) is 58.9 Å². The number of aliphatic hydroxyl groups is 2. The Bertz CT molecular complexity index is 1090. The molecule has 0 saturated carbocycles. The third-order valence-corrected chi connectivity index (χ3v) is 6.33. The molecule has 0 aromatic carbocycles. The molecule has 0 aromatic rings. The van der Waals surface area contributed by atoms with Crippen molar-refractivity contribution in [2.45, 2.75) is 97.6 Å². The van der Waals surface area contributed by atoms with E-state index in [2.05, 4.69) is 5.32 Å². The van der Waals surface area contributed by atoms with Gasteiger partial charge in [0.25, 0.3) is 0 Å². The molecule has 1 heterocycles. The Morgan fingerprint density at radius 1 is 1.14 bits per heavy atom. The Balaban J connectivity index is 3.09. The van der Waals surface area contributed by atoms with Crippen LogP contribution in [0.25, 0.3) is 0 Å². The maximum absolute atomic E-state index is 12.6. The van der Waals surface area contributed by atoms with E-state index in [0.717, 1.165) is 16.7 Å². The van der Waals surface area contributed by atoms with Crippen molar-refractivity contribution >= 4 is 18.0 Å². The summed E-state index contributed by atoms with van der Waals surface area (Å²) in [5.41, 5.74) is 7.98. The van der Waals surface area contributed by atoms with Gasteiger partial charge in [0.2, 0.25) is 5.91 Å². The van der Waals surface area contributed by atoms with E-state index in [1.54, 1.807) is 18.4 Å². The number of allylic oxidation sites excluding steroid dienone is 7. The number of esters is 1. The van der Waals surface area contributed by atoms with Crippen molar-refractivity contribution in [3.05, 3.63) is 83.7 Å². The maximum Gasteiger partial charge on any atom is 0.404 e. The first-order valence-corrected chi connectivity index (χ1v) is 14.4. The second-order valence-electron chi connectivity index (χ2n) is 10.8. The van der Waals surface area contributed by atoms with Gasteiger partial charge in [0, 0.05) is 30.7 Å². The van der Waals surface area contributed by atoms with E-state index in [4.69, 9.17) is 15.2 Å². The van der Waals surface area contributed by atoms with Crippen molar-refractivity contribution in [1.29, 1.82) is 0 Å². The predicted octanol–water partition coefficient (Wildman–Crippen LogP) is 5.23. The molecular weight excluding hydrogens is 536 g/mol. The number of amides is 2. The minimum Gasteiger partial charge on any atom is -0.458 e. The summed E-state index contributed by atoms with van der Waals surface area (Å²) < 4.78 is 10.9. The lowest BCUT2D eigenvalue weighted by molar-refractivity contribution is -0.144. The highest BCUT2D eigenvalue weighted by Crippen LogP contribution is 2.21. The first-order chi connectivity index (χ1) is 19.9. The molecule has 2 amide bonds. The fourth-order valence-electron chi connectivity index (χ4n) is 4.17. The van der Waals surface area contributed by atoms with Crippen molar-refractivity contribution in [3.63, 3.8) is 0 Å². The third kappa shape index (κ3) is 17.2. The van der Waals surface area contributed by atoms with Gasteiger partial charge in [-0.3, -0.25) is 4.79 Å². The lowest BCUT2D eigenvalue weighted by atomic mass is 9.95. The molecule has 0 spiro atoms. The molecular formula is C33H48N2O7. The Labute approximate surface area is 250 Å². The number of hydrogen-bond acceptors (Lipinski definition) is 7. The minimum absolute atomic E-state index is 0.124. The molecule has 9 heteroatoms. The number of rotatable bonds is 6. The van der Waals surface area contributed by atoms with Crippen molar-refractivity contribution in [1.82, 2.24) is 5.32 Å². The number of primary amides is 1. The zero-order valence-corrected chi connectivity index (χ0v) is 25.5. The fourth-order valence-corrected chi connectivity index (χ4v) is 4.17. The monoisotopic (exact) mass is 584 g/mol. The highest BCUT2D eigenvalue weighted by atomic mass is 16.6. The van der Waals surface area contributed by atoms with Gasteiger partial charge in [0.05, 0.1) is 6.10 Å². The first-order valence-electron chi connectivity index (χ1n) is 14.4. The van der Waals surface area contributed by atoms with Crippen LogP contribution in [-0.4, -0.2) is 52.6 Å². The lowest BCUT2D eigenvalue weighted by Crippen LogP contribution is -2.32. The van der Waals surface area contributed by atoms with Gasteiger partial charge >= 0.3 is 12.1 Å². The predicted molar refractivity (Wildman–Crippen MR) is 165 cm³/mol. The molecule has 1 rings (SSSR count). The summed E-state index contributed by atoms with van der Waals surface area (Å²) in [6, 6.07) is 0. The van der Waals surface area contributed by atoms with Gasteiger partial charge in [-0.2, -0.15) is 0 Å². The molecule has 0 fully saturated rings. The molecule has 0 radical (unpaired) electrons. The third-order valence-electron chi connectivity index (χ3n) is 6.33. The van der Waals surface area contributed by atoms with Crippen molar-refractivity contribution in [3.8, 4) is 0 Å². The smallest absolute Gasteiger partial charge is 0.404 e. The number of hydrogen-bond donors (Lipinski definition) is 4. The molecule has 5 atom stereocenters. The van der Waals surface area contributed by atoms with Crippen LogP contribution in [0.15, 0.2) is 83.7 Å². The Morgan fingerprint density at radius 3 is 2.57 bits per heavy atom. The largest absolute Gasteiger partial charge is 0.458 e. The van der Waals surface area contributed by atoms with Crippen molar-refractivity contribution in [2.75, 3.05) is 0 Å². The summed E-state index contributed by atoms with van der Waals surface area (Å²) in [5, 5.41) is 23.4. The van der Waals surface area contributed by atoms with E-state index in [0.29, 0.717) is 38.5 Å². The van der Waals surface area contributed by atoms with Crippen LogP contribution in [0, 0.1) is 5.92 Å². The number of carbonyl (C=O) groups excluding carboxylic acids is 3. The molecule has 0 saturated heterocycles. The number of cyclic esters (lactones) is 1. The average Bonchev–Trinajstić information content (AvgIpc) is 2.89. The number of nitrogens with one attached hydrogen (secondary N) is 1. The SMILES string of the molecule is CC(C)=CC(=O)NC=CC(C)=CC(C)C1CC(C)=CC=CCCC(OC(N)=O)C(O)C=CC(O)CCCC=CC(=O)O1. The second-order valence-corrected chi connectivity index (χ2v) is 10.8. The standard InChI is InChI=1S/C33H48N2O7/c1-23(2)20-31(38)35-19-18-25(4)21-26(5)30-22-24(3)12-8-6-10-14-29(42-33(34)40)28(37)17-16-27(36)13-9-7-11-15-32(39)41-30/h6,8,11-12,15-21,26-30,36-37H,7,9-10,13-14,22H2,1-5H3,(H2,34,40)(H,35,38). The van der Waals surface area contributed by atoms with Crippen LogP contribution in [0.1, 0.15) is 73.1 Å². The molecule has 0 aliphatic carbocycles. The van der Waals surface area contributed by atoms with Gasteiger partial charge in [-0.15, -0.1) is 0 Å². The first kappa shape index (κ1) is 36.3. The highest BCUT2D eigenvalue weighted by molar-refractivity contribution is 5.88. The van der Waals surface area contributed by atoms with E-state index in [1.165, 1.54) is 24.3 Å². The van der Waals surface area contributed by atoms with Crippen LogP contribution in [0.2, 0.25) is 0 Å². The van der Waals surface area contributed by atoms with E-state index in [-0.39, 0.29) is 11.8 Å². The molecule has 5 unspecified atom stereocenters. The maximum atomic E-state index is 12.6. The summed E-state index contributed by atoms with van der Waals surface area (Å²) in [5.74, 6) is -0.764. The molecule has 0 bridgehead atoms. The second kappa shape index (κ2) is 20.2. The summed E-state index contributed by atoms with van der Waals surface area (Å²) in [4.78, 5) is 35.8. The van der Waals surface area contributed by atoms with E-state index >= 15 is 0 Å². The summed E-state index contributed by atoms with van der Waals surface area (Å²) in [7, 11) is 0. The summed E-state index contributed by atoms with van der Waals surface area (Å²) in [6.07, 6.45) is 17.3. The number of nitrogens with two attached hydrogens (primary N) is 1. The quantitative estimate of drug-likeness (QED) is 0.145. The van der Waals surface area contributed by atoms with Crippen LogP contribution < -0.4 is 11.1 Å². The normalized spacial score (nSPS) is 24.3. The van der Waals surface area contributed by atoms with Gasteiger partial charge < -0.3 is 30.7 Å². The van der Waals surface area contributed by atoms with Crippen LogP contribution in [0.5, 0.6) is 0 Å². The number of aliphatic hydroxyl groups excluding tert-OH is 2. The Hall–Kier alpha value is -3.69. The van der Waals surface area contributed by atoms with Gasteiger partial charge in [-0.05, 0) is 65.9 Å². The Kier molecular flexibility index (Phi) is 17.5. The molecule has 5 N–H and O–H groups in total. The van der Waals surface area contributed by atoms with Crippen LogP contribution in [0.4, 0.5) is 4.79 Å². The molecule has 9 nitrogen and oxygen atoms in total.